The van der Waals surface area contributed by atoms with E-state index in [9.17, 15) is 13.2 Å². The molecule has 0 unspecified atom stereocenters. The highest BCUT2D eigenvalue weighted by molar-refractivity contribution is 7.90. The third-order valence-electron chi connectivity index (χ3n) is 3.58. The van der Waals surface area contributed by atoms with Crippen LogP contribution < -0.4 is 14.8 Å². The van der Waals surface area contributed by atoms with Crippen molar-refractivity contribution < 1.29 is 17.9 Å². The molecule has 0 fully saturated rings. The summed E-state index contributed by atoms with van der Waals surface area (Å²) in [5.41, 5.74) is 0.236. The molecule has 0 saturated heterocycles. The van der Waals surface area contributed by atoms with Crippen molar-refractivity contribution in [2.75, 3.05) is 12.4 Å². The summed E-state index contributed by atoms with van der Waals surface area (Å²) in [5, 5.41) is 13.4. The van der Waals surface area contributed by atoms with Crippen molar-refractivity contribution in [3.8, 4) is 17.3 Å². The number of ether oxygens (including phenoxy) is 1. The van der Waals surface area contributed by atoms with E-state index in [-0.39, 0.29) is 33.3 Å². The number of sulfonamides is 1. The van der Waals surface area contributed by atoms with Crippen LogP contribution in [0.2, 0.25) is 5.15 Å². The van der Waals surface area contributed by atoms with Crippen LogP contribution in [0.25, 0.3) is 11.4 Å². The monoisotopic (exact) mass is 438 g/mol. The summed E-state index contributed by atoms with van der Waals surface area (Å²) < 4.78 is 33.8. The van der Waals surface area contributed by atoms with Crippen LogP contribution in [-0.2, 0) is 16.6 Å². The van der Waals surface area contributed by atoms with E-state index in [2.05, 4.69) is 30.8 Å². The van der Waals surface area contributed by atoms with Gasteiger partial charge in [-0.3, -0.25) is 5.32 Å². The topological polar surface area (TPSA) is 154 Å². The van der Waals surface area contributed by atoms with Gasteiger partial charge in [0.05, 0.1) is 12.0 Å². The Morgan fingerprint density at radius 1 is 1.28 bits per heavy atom. The second-order valence-corrected chi connectivity index (χ2v) is 7.47. The van der Waals surface area contributed by atoms with Crippen LogP contribution in [-0.4, -0.2) is 51.7 Å². The molecule has 0 radical (unpaired) electrons. The molecule has 2 N–H and O–H groups in total. The lowest BCUT2D eigenvalue weighted by Crippen LogP contribution is -2.35. The molecule has 0 aliphatic rings. The Morgan fingerprint density at radius 2 is 2.03 bits per heavy atom. The number of urea groups is 1. The highest BCUT2D eigenvalue weighted by atomic mass is 35.5. The number of nitrogens with zero attached hydrogens (tertiary/aromatic N) is 6. The van der Waals surface area contributed by atoms with Gasteiger partial charge in [-0.05, 0) is 29.5 Å². The Bertz CT molecular complexity index is 1150. The van der Waals surface area contributed by atoms with Gasteiger partial charge < -0.3 is 4.74 Å². The van der Waals surface area contributed by atoms with E-state index in [0.717, 1.165) is 0 Å². The number of nitrogens with one attached hydrogen (secondary N) is 2. The van der Waals surface area contributed by atoms with Gasteiger partial charge in [0.25, 0.3) is 10.0 Å². The highest BCUT2D eigenvalue weighted by Crippen LogP contribution is 2.25. The van der Waals surface area contributed by atoms with Gasteiger partial charge in [0, 0.05) is 18.2 Å². The molecule has 0 atom stereocenters. The van der Waals surface area contributed by atoms with Crippen LogP contribution in [0, 0.1) is 0 Å². The SMILES string of the molecule is CCn1nnnc1-c1ccccc1S(=O)(=O)NC(=O)Nc1nc(Cl)cc(OC)n1. The third kappa shape index (κ3) is 4.57. The zero-order valence-electron chi connectivity index (χ0n) is 15.2. The molecule has 12 nitrogen and oxygen atoms in total. The second kappa shape index (κ2) is 8.36. The average Bonchev–Trinajstić information content (AvgIpc) is 3.15. The Balaban J connectivity index is 1.87. The van der Waals surface area contributed by atoms with Crippen LogP contribution >= 0.6 is 11.6 Å². The van der Waals surface area contributed by atoms with Crippen molar-refractivity contribution in [2.24, 2.45) is 0 Å². The van der Waals surface area contributed by atoms with Gasteiger partial charge in [-0.1, -0.05) is 23.7 Å². The molecule has 1 aromatic carbocycles. The minimum absolute atomic E-state index is 0.00625. The van der Waals surface area contributed by atoms with Gasteiger partial charge in [-0.2, -0.15) is 4.98 Å². The van der Waals surface area contributed by atoms with Crippen LogP contribution in [0.3, 0.4) is 0 Å². The lowest BCUT2D eigenvalue weighted by Gasteiger charge is -2.11. The number of benzene rings is 1. The molecule has 29 heavy (non-hydrogen) atoms. The van der Waals surface area contributed by atoms with E-state index in [4.69, 9.17) is 16.3 Å². The molecule has 3 aromatic rings. The van der Waals surface area contributed by atoms with E-state index in [1.54, 1.807) is 6.07 Å². The quantitative estimate of drug-likeness (QED) is 0.542. The van der Waals surface area contributed by atoms with Crippen LogP contribution in [0.1, 0.15) is 6.92 Å². The van der Waals surface area contributed by atoms with Crippen LogP contribution in [0.5, 0.6) is 5.88 Å². The lowest BCUT2D eigenvalue weighted by atomic mass is 10.2. The summed E-state index contributed by atoms with van der Waals surface area (Å²) in [5.74, 6) is 0.113. The maximum atomic E-state index is 12.8. The van der Waals surface area contributed by atoms with Crippen molar-refractivity contribution in [1.29, 1.82) is 0 Å². The first-order valence-electron chi connectivity index (χ1n) is 8.12. The number of carbonyl (C=O) groups excluding carboxylic acids is 1. The minimum atomic E-state index is -4.28. The van der Waals surface area contributed by atoms with Gasteiger partial charge in [0.15, 0.2) is 5.82 Å². The molecule has 152 valence electrons. The van der Waals surface area contributed by atoms with Crippen molar-refractivity contribution in [1.82, 2.24) is 34.9 Å². The normalized spacial score (nSPS) is 11.1. The first-order valence-corrected chi connectivity index (χ1v) is 9.98. The molecule has 14 heteroatoms. The number of carbonyl (C=O) groups is 1. The zero-order chi connectivity index (χ0) is 21.0. The van der Waals surface area contributed by atoms with Gasteiger partial charge >= 0.3 is 6.03 Å². The van der Waals surface area contributed by atoms with E-state index in [1.165, 1.54) is 36.1 Å². The number of hydrogen-bond donors (Lipinski definition) is 2. The summed E-state index contributed by atoms with van der Waals surface area (Å²) in [6.07, 6.45) is 0. The minimum Gasteiger partial charge on any atom is -0.481 e. The summed E-state index contributed by atoms with van der Waals surface area (Å²) in [7, 11) is -2.92. The number of hydrogen-bond acceptors (Lipinski definition) is 9. The number of aryl methyl sites for hydroxylation is 1. The van der Waals surface area contributed by atoms with E-state index in [1.807, 2.05) is 11.6 Å². The molecule has 2 amide bonds. The maximum Gasteiger partial charge on any atom is 0.335 e. The molecule has 0 saturated carbocycles. The summed E-state index contributed by atoms with van der Waals surface area (Å²) in [4.78, 5) is 19.7. The Hall–Kier alpha value is -3.32. The van der Waals surface area contributed by atoms with Crippen molar-refractivity contribution in [3.05, 3.63) is 35.5 Å². The number of amides is 2. The molecule has 2 heterocycles. The molecular formula is C15H15ClN8O4S. The summed E-state index contributed by atoms with van der Waals surface area (Å²) in [6.45, 7) is 2.24. The fourth-order valence-electron chi connectivity index (χ4n) is 2.36. The predicted octanol–water partition coefficient (Wildman–Crippen LogP) is 1.32. The number of rotatable bonds is 6. The Morgan fingerprint density at radius 3 is 2.76 bits per heavy atom. The molecule has 0 spiro atoms. The Kier molecular flexibility index (Phi) is 5.89. The number of methoxy groups -OCH3 is 1. The number of anilines is 1. The van der Waals surface area contributed by atoms with E-state index < -0.39 is 16.1 Å². The molecule has 3 rings (SSSR count). The van der Waals surface area contributed by atoms with Crippen molar-refractivity contribution in [2.45, 2.75) is 18.4 Å². The highest BCUT2D eigenvalue weighted by Gasteiger charge is 2.24. The Labute approximate surface area is 170 Å². The van der Waals surface area contributed by atoms with E-state index >= 15 is 0 Å². The standard InChI is InChI=1S/C15H15ClN8O4S/c1-3-24-13(20-22-23-24)9-6-4-5-7-10(9)29(26,27)21-15(25)19-14-17-11(16)8-12(18-14)28-2/h4-8H,3H2,1-2H3,(H2,17,18,19,21,25). The zero-order valence-corrected chi connectivity index (χ0v) is 16.8. The summed E-state index contributed by atoms with van der Waals surface area (Å²) >= 11 is 5.81. The van der Waals surface area contributed by atoms with E-state index in [0.29, 0.717) is 6.54 Å². The van der Waals surface area contributed by atoms with Gasteiger partial charge in [-0.15, -0.1) is 5.10 Å². The van der Waals surface area contributed by atoms with Crippen molar-refractivity contribution >= 4 is 33.6 Å². The van der Waals surface area contributed by atoms with Gasteiger partial charge in [0.1, 0.15) is 5.15 Å². The molecular weight excluding hydrogens is 424 g/mol. The third-order valence-corrected chi connectivity index (χ3v) is 5.16. The van der Waals surface area contributed by atoms with Crippen LogP contribution in [0.15, 0.2) is 35.2 Å². The first kappa shape index (κ1) is 20.4. The molecule has 0 bridgehead atoms. The second-order valence-electron chi connectivity index (χ2n) is 5.43. The largest absolute Gasteiger partial charge is 0.481 e. The predicted molar refractivity (Wildman–Crippen MR) is 102 cm³/mol. The fourth-order valence-corrected chi connectivity index (χ4v) is 3.64. The average molecular weight is 439 g/mol. The fraction of sp³-hybridized carbons (Fsp3) is 0.200. The number of halogens is 1. The smallest absolute Gasteiger partial charge is 0.335 e. The lowest BCUT2D eigenvalue weighted by molar-refractivity contribution is 0.256. The van der Waals surface area contributed by atoms with Crippen molar-refractivity contribution in [3.63, 3.8) is 0 Å². The van der Waals surface area contributed by atoms with Crippen LogP contribution in [0.4, 0.5) is 10.7 Å². The molecule has 0 aliphatic heterocycles. The first-order chi connectivity index (χ1) is 13.8. The number of tetrazole rings is 1. The van der Waals surface area contributed by atoms with Gasteiger partial charge in [0.2, 0.25) is 11.8 Å². The number of aromatic nitrogens is 6. The summed E-state index contributed by atoms with van der Waals surface area (Å²) in [6, 6.07) is 6.26. The maximum absolute atomic E-state index is 12.8. The molecule has 0 aliphatic carbocycles. The molecule has 2 aromatic heterocycles. The van der Waals surface area contributed by atoms with Gasteiger partial charge in [-0.25, -0.2) is 27.6 Å².